The molecule has 0 spiro atoms. The van der Waals surface area contributed by atoms with Crippen molar-refractivity contribution in [3.05, 3.63) is 35.4 Å². The Bertz CT molecular complexity index is 280. The van der Waals surface area contributed by atoms with E-state index in [0.29, 0.717) is 11.8 Å². The Morgan fingerprint density at radius 1 is 0.480 bits per heavy atom. The van der Waals surface area contributed by atoms with Crippen molar-refractivity contribution in [2.75, 3.05) is 0 Å². The molecule has 1 aromatic carbocycles. The summed E-state index contributed by atoms with van der Waals surface area (Å²) in [7, 11) is 0. The summed E-state index contributed by atoms with van der Waals surface area (Å²) >= 11 is 0. The zero-order chi connectivity index (χ0) is 20.3. The van der Waals surface area contributed by atoms with Crippen LogP contribution in [-0.4, -0.2) is 0 Å². The van der Waals surface area contributed by atoms with Crippen molar-refractivity contribution < 1.29 is 0 Å². The van der Waals surface area contributed by atoms with E-state index in [1.54, 1.807) is 0 Å². The molecule has 154 valence electrons. The first-order chi connectivity index (χ1) is 11.1. The van der Waals surface area contributed by atoms with Gasteiger partial charge in [0.1, 0.15) is 0 Å². The lowest BCUT2D eigenvalue weighted by Gasteiger charge is -2.14. The maximum absolute atomic E-state index is 2.25. The Balaban J connectivity index is -0.0000000864. The van der Waals surface area contributed by atoms with Gasteiger partial charge in [-0.05, 0) is 34.8 Å². The molecule has 0 unspecified atom stereocenters. The highest BCUT2D eigenvalue weighted by atomic mass is 14.1. The molecule has 0 aliphatic rings. The first kappa shape index (κ1) is 35.4. The van der Waals surface area contributed by atoms with Crippen LogP contribution in [0.25, 0.3) is 0 Å². The largest absolute Gasteiger partial charge is 0.0776 e. The third-order valence-electron chi connectivity index (χ3n) is 2.24. The Kier molecular flexibility index (Phi) is 36.0. The Hall–Kier alpha value is -0.780. The van der Waals surface area contributed by atoms with Crippen molar-refractivity contribution >= 4 is 0 Å². The molecule has 25 heavy (non-hydrogen) atoms. The van der Waals surface area contributed by atoms with Crippen molar-refractivity contribution in [1.82, 2.24) is 0 Å². The van der Waals surface area contributed by atoms with Crippen LogP contribution in [0, 0.1) is 11.8 Å². The summed E-state index contributed by atoms with van der Waals surface area (Å²) in [6.45, 7) is 30.0. The number of hydrogen-bond donors (Lipinski definition) is 0. The van der Waals surface area contributed by atoms with Gasteiger partial charge in [0.15, 0.2) is 0 Å². The predicted molar refractivity (Wildman–Crippen MR) is 125 cm³/mol. The highest BCUT2D eigenvalue weighted by molar-refractivity contribution is 5.31. The minimum atomic E-state index is 0. The van der Waals surface area contributed by atoms with Crippen molar-refractivity contribution in [2.24, 2.45) is 11.8 Å². The van der Waals surface area contributed by atoms with Crippen LogP contribution in [0.5, 0.6) is 0 Å². The maximum atomic E-state index is 2.25. The smallest absolute Gasteiger partial charge is 0.0216 e. The summed E-state index contributed by atoms with van der Waals surface area (Å²) in [6.07, 6.45) is 0. The molecule has 1 rings (SSSR count). The highest BCUT2D eigenvalue weighted by Crippen LogP contribution is 2.25. The summed E-state index contributed by atoms with van der Waals surface area (Å²) < 4.78 is 0. The molecular formula is C25H54. The second kappa shape index (κ2) is 25.5. The van der Waals surface area contributed by atoms with Gasteiger partial charge in [-0.3, -0.25) is 0 Å². The molecule has 0 N–H and O–H groups in total. The fourth-order valence-corrected chi connectivity index (χ4v) is 1.56. The molecule has 0 nitrogen and oxygen atoms in total. The quantitative estimate of drug-likeness (QED) is 0.495. The fourth-order valence-electron chi connectivity index (χ4n) is 1.56. The van der Waals surface area contributed by atoms with Gasteiger partial charge in [-0.25, -0.2) is 0 Å². The Morgan fingerprint density at radius 2 is 0.640 bits per heavy atom. The van der Waals surface area contributed by atoms with E-state index in [0.717, 1.165) is 11.8 Å². The average molecular weight is 355 g/mol. The van der Waals surface area contributed by atoms with E-state index >= 15 is 0 Å². The normalized spacial score (nSPS) is 8.72. The molecule has 0 heterocycles. The van der Waals surface area contributed by atoms with Crippen molar-refractivity contribution in [3.8, 4) is 0 Å². The zero-order valence-electron chi connectivity index (χ0n) is 19.6. The lowest BCUT2D eigenvalue weighted by Crippen LogP contribution is -1.97. The topological polar surface area (TPSA) is 0 Å². The third-order valence-corrected chi connectivity index (χ3v) is 2.24. The van der Waals surface area contributed by atoms with Gasteiger partial charge in [-0.15, -0.1) is 0 Å². The van der Waals surface area contributed by atoms with E-state index in [9.17, 15) is 0 Å². The van der Waals surface area contributed by atoms with E-state index in [2.05, 4.69) is 93.5 Å². The number of rotatable bonds is 2. The molecule has 0 saturated carbocycles. The minimum absolute atomic E-state index is 0. The first-order valence-corrected chi connectivity index (χ1v) is 10.2. The molecule has 0 atom stereocenters. The van der Waals surface area contributed by atoms with Gasteiger partial charge in [-0.1, -0.05) is 129 Å². The molecule has 0 heteroatoms. The van der Waals surface area contributed by atoms with E-state index in [1.165, 1.54) is 11.1 Å². The Labute approximate surface area is 163 Å². The van der Waals surface area contributed by atoms with Gasteiger partial charge in [-0.2, -0.15) is 0 Å². The molecule has 0 bridgehead atoms. The summed E-state index contributed by atoms with van der Waals surface area (Å²) in [4.78, 5) is 0. The summed E-state index contributed by atoms with van der Waals surface area (Å²) in [5.74, 6) is 2.95. The highest BCUT2D eigenvalue weighted by Gasteiger charge is 2.07. The maximum Gasteiger partial charge on any atom is -0.0216 e. The standard InChI is InChI=1S/C12H18.2C4H10.2C2H6.CH4/c1-9(2)11-7-5-6-8-12(11)10(3)4;2*1-4(2)3;2*1-2;/h5-10H,1-4H3;2*4H,1-3H3;2*1-2H3;1H4. The first-order valence-electron chi connectivity index (χ1n) is 10.2. The van der Waals surface area contributed by atoms with Gasteiger partial charge in [0.2, 0.25) is 0 Å². The zero-order valence-corrected chi connectivity index (χ0v) is 19.6. The molecular weight excluding hydrogens is 300 g/mol. The lowest BCUT2D eigenvalue weighted by molar-refractivity contribution is 0.736. The Morgan fingerprint density at radius 3 is 0.760 bits per heavy atom. The molecule has 1 aromatic rings. The molecule has 0 aromatic heterocycles. The second-order valence-electron chi connectivity index (χ2n) is 7.40. The van der Waals surface area contributed by atoms with E-state index in [4.69, 9.17) is 0 Å². The number of hydrogen-bond acceptors (Lipinski definition) is 0. The van der Waals surface area contributed by atoms with Crippen molar-refractivity contribution in [1.29, 1.82) is 0 Å². The lowest BCUT2D eigenvalue weighted by atomic mass is 9.91. The number of benzene rings is 1. The molecule has 0 fully saturated rings. The van der Waals surface area contributed by atoms with Gasteiger partial charge in [0, 0.05) is 0 Å². The van der Waals surface area contributed by atoms with Crippen LogP contribution < -0.4 is 0 Å². The van der Waals surface area contributed by atoms with Crippen LogP contribution in [0.1, 0.15) is 127 Å². The van der Waals surface area contributed by atoms with Gasteiger partial charge in [0.25, 0.3) is 0 Å². The van der Waals surface area contributed by atoms with Gasteiger partial charge in [0.05, 0.1) is 0 Å². The van der Waals surface area contributed by atoms with Crippen molar-refractivity contribution in [3.63, 3.8) is 0 Å². The van der Waals surface area contributed by atoms with Crippen molar-refractivity contribution in [2.45, 2.75) is 116 Å². The van der Waals surface area contributed by atoms with Crippen LogP contribution in [0.4, 0.5) is 0 Å². The monoisotopic (exact) mass is 354 g/mol. The SMILES string of the molecule is C.CC.CC.CC(C)C.CC(C)C.CC(C)c1ccccc1C(C)C. The van der Waals surface area contributed by atoms with Crippen LogP contribution in [-0.2, 0) is 0 Å². The van der Waals surface area contributed by atoms with Gasteiger partial charge < -0.3 is 0 Å². The summed E-state index contributed by atoms with van der Waals surface area (Å²) in [5.41, 5.74) is 2.99. The van der Waals surface area contributed by atoms with Gasteiger partial charge >= 0.3 is 0 Å². The third kappa shape index (κ3) is 31.5. The van der Waals surface area contributed by atoms with Crippen LogP contribution in [0.3, 0.4) is 0 Å². The van der Waals surface area contributed by atoms with Crippen LogP contribution in [0.2, 0.25) is 0 Å². The van der Waals surface area contributed by atoms with Crippen LogP contribution in [0.15, 0.2) is 24.3 Å². The molecule has 0 amide bonds. The molecule has 0 aliphatic carbocycles. The molecule has 0 radical (unpaired) electrons. The second-order valence-corrected chi connectivity index (χ2v) is 7.40. The van der Waals surface area contributed by atoms with E-state index < -0.39 is 0 Å². The average Bonchev–Trinajstić information content (AvgIpc) is 2.50. The van der Waals surface area contributed by atoms with E-state index in [1.807, 2.05) is 27.7 Å². The minimum Gasteiger partial charge on any atom is -0.0776 e. The fraction of sp³-hybridized carbons (Fsp3) is 0.760. The van der Waals surface area contributed by atoms with E-state index in [-0.39, 0.29) is 7.43 Å². The predicted octanol–water partition coefficient (Wildman–Crippen LogP) is 9.95. The molecule has 0 aliphatic heterocycles. The summed E-state index contributed by atoms with van der Waals surface area (Å²) in [5, 5.41) is 0. The summed E-state index contributed by atoms with van der Waals surface area (Å²) in [6, 6.07) is 8.72. The molecule has 0 saturated heterocycles. The van der Waals surface area contributed by atoms with Crippen LogP contribution >= 0.6 is 0 Å².